The van der Waals surface area contributed by atoms with Crippen LogP contribution in [0.25, 0.3) is 11.1 Å². The molecule has 1 amide bonds. The van der Waals surface area contributed by atoms with Crippen molar-refractivity contribution >= 4 is 6.09 Å². The number of piperidine rings is 1. The van der Waals surface area contributed by atoms with E-state index in [0.717, 1.165) is 22.3 Å². The van der Waals surface area contributed by atoms with Gasteiger partial charge in [-0.05, 0) is 22.3 Å². The second-order valence-electron chi connectivity index (χ2n) is 8.97. The fraction of sp³-hybridized carbons (Fsp3) is 0.400. The molecule has 2 aromatic rings. The molecule has 2 aliphatic heterocycles. The van der Waals surface area contributed by atoms with Gasteiger partial charge in [0.25, 0.3) is 0 Å². The maximum atomic E-state index is 13.3. The molecule has 5 nitrogen and oxygen atoms in total. The van der Waals surface area contributed by atoms with Crippen LogP contribution in [0.3, 0.4) is 0 Å². The first-order chi connectivity index (χ1) is 15.7. The zero-order chi connectivity index (χ0) is 23.4. The summed E-state index contributed by atoms with van der Waals surface area (Å²) >= 11 is 0. The molecule has 0 saturated carbocycles. The summed E-state index contributed by atoms with van der Waals surface area (Å²) in [6, 6.07) is 14.5. The number of hydrogen-bond donors (Lipinski definition) is 1. The average Bonchev–Trinajstić information content (AvgIpc) is 3.09. The summed E-state index contributed by atoms with van der Waals surface area (Å²) in [5.41, 5.74) is 1.05. The van der Waals surface area contributed by atoms with Gasteiger partial charge >= 0.3 is 12.3 Å². The van der Waals surface area contributed by atoms with Gasteiger partial charge in [0.1, 0.15) is 6.61 Å². The van der Waals surface area contributed by atoms with Crippen LogP contribution in [0, 0.1) is 0 Å². The summed E-state index contributed by atoms with van der Waals surface area (Å²) in [7, 11) is 0. The molecule has 5 rings (SSSR count). The van der Waals surface area contributed by atoms with E-state index in [2.05, 4.69) is 6.58 Å². The third kappa shape index (κ3) is 3.71. The van der Waals surface area contributed by atoms with Crippen molar-refractivity contribution < 1.29 is 32.5 Å². The Morgan fingerprint density at radius 1 is 1.06 bits per heavy atom. The van der Waals surface area contributed by atoms with Gasteiger partial charge in [-0.2, -0.15) is 13.2 Å². The van der Waals surface area contributed by atoms with Crippen LogP contribution in [-0.2, 0) is 9.47 Å². The molecular weight excluding hydrogens is 435 g/mol. The Morgan fingerprint density at radius 3 is 2.09 bits per heavy atom. The monoisotopic (exact) mass is 459 g/mol. The van der Waals surface area contributed by atoms with E-state index in [4.69, 9.17) is 9.47 Å². The number of rotatable bonds is 3. The lowest BCUT2D eigenvalue weighted by molar-refractivity contribution is -0.158. The molecule has 3 aliphatic rings. The number of amides is 1. The zero-order valence-electron chi connectivity index (χ0n) is 17.8. The molecule has 2 aromatic carbocycles. The highest BCUT2D eigenvalue weighted by atomic mass is 19.4. The molecule has 174 valence electrons. The highest BCUT2D eigenvalue weighted by molar-refractivity contribution is 5.79. The van der Waals surface area contributed by atoms with E-state index >= 15 is 0 Å². The molecule has 33 heavy (non-hydrogen) atoms. The normalized spacial score (nSPS) is 26.5. The van der Waals surface area contributed by atoms with Crippen LogP contribution in [0.15, 0.2) is 60.7 Å². The SMILES string of the molecule is C=C(C(F)(F)F)C1(O)CC2COCC(C1)N2C(=O)OCC1c2ccccc2-c2ccccc21. The Balaban J connectivity index is 1.33. The van der Waals surface area contributed by atoms with E-state index < -0.39 is 35.5 Å². The lowest BCUT2D eigenvalue weighted by Crippen LogP contribution is -2.64. The molecule has 0 spiro atoms. The lowest BCUT2D eigenvalue weighted by atomic mass is 9.77. The molecule has 2 atom stereocenters. The van der Waals surface area contributed by atoms with E-state index in [1.165, 1.54) is 4.90 Å². The zero-order valence-corrected chi connectivity index (χ0v) is 17.8. The fourth-order valence-electron chi connectivity index (χ4n) is 5.45. The summed E-state index contributed by atoms with van der Waals surface area (Å²) in [4.78, 5) is 14.5. The number of aliphatic hydroxyl groups is 1. The van der Waals surface area contributed by atoms with Gasteiger partial charge in [0.2, 0.25) is 0 Å². The number of nitrogens with zero attached hydrogens (tertiary/aromatic N) is 1. The molecular formula is C25H24F3NO4. The lowest BCUT2D eigenvalue weighted by Gasteiger charge is -2.51. The van der Waals surface area contributed by atoms with Crippen molar-refractivity contribution in [1.82, 2.24) is 4.90 Å². The van der Waals surface area contributed by atoms with Gasteiger partial charge in [-0.3, -0.25) is 4.90 Å². The van der Waals surface area contributed by atoms with Crippen molar-refractivity contribution in [3.8, 4) is 11.1 Å². The number of carbonyl (C=O) groups is 1. The number of carbonyl (C=O) groups excluding carboxylic acids is 1. The van der Waals surface area contributed by atoms with Crippen LogP contribution < -0.4 is 0 Å². The highest BCUT2D eigenvalue weighted by Crippen LogP contribution is 2.46. The van der Waals surface area contributed by atoms with Gasteiger partial charge < -0.3 is 14.6 Å². The summed E-state index contributed by atoms with van der Waals surface area (Å²) in [6.45, 7) is 3.29. The van der Waals surface area contributed by atoms with Gasteiger partial charge in [-0.25, -0.2) is 4.79 Å². The molecule has 0 aromatic heterocycles. The Morgan fingerprint density at radius 2 is 1.58 bits per heavy atom. The molecule has 2 saturated heterocycles. The Hall–Kier alpha value is -2.84. The maximum absolute atomic E-state index is 13.3. The summed E-state index contributed by atoms with van der Waals surface area (Å²) in [6.07, 6.45) is -5.91. The van der Waals surface area contributed by atoms with Crippen molar-refractivity contribution in [2.75, 3.05) is 19.8 Å². The van der Waals surface area contributed by atoms with Gasteiger partial charge in [0, 0.05) is 18.8 Å². The molecule has 1 aliphatic carbocycles. The van der Waals surface area contributed by atoms with Crippen molar-refractivity contribution in [1.29, 1.82) is 0 Å². The summed E-state index contributed by atoms with van der Waals surface area (Å²) in [5.74, 6) is -0.121. The first-order valence-corrected chi connectivity index (χ1v) is 10.9. The van der Waals surface area contributed by atoms with Crippen LogP contribution in [0.2, 0.25) is 0 Å². The predicted octanol–water partition coefficient (Wildman–Crippen LogP) is 4.65. The van der Waals surface area contributed by atoms with Crippen molar-refractivity contribution in [2.45, 2.75) is 42.6 Å². The molecule has 8 heteroatoms. The van der Waals surface area contributed by atoms with Crippen LogP contribution >= 0.6 is 0 Å². The van der Waals surface area contributed by atoms with Crippen LogP contribution in [0.4, 0.5) is 18.0 Å². The molecule has 0 radical (unpaired) electrons. The second-order valence-corrected chi connectivity index (χ2v) is 8.97. The highest BCUT2D eigenvalue weighted by Gasteiger charge is 2.55. The van der Waals surface area contributed by atoms with Crippen molar-refractivity contribution in [2.24, 2.45) is 0 Å². The van der Waals surface area contributed by atoms with E-state index in [1.54, 1.807) is 0 Å². The molecule has 1 N–H and O–H groups in total. The number of halogens is 3. The first-order valence-electron chi connectivity index (χ1n) is 10.9. The topological polar surface area (TPSA) is 59.0 Å². The van der Waals surface area contributed by atoms with E-state index in [0.29, 0.717) is 0 Å². The van der Waals surface area contributed by atoms with Gasteiger partial charge in [0.15, 0.2) is 0 Å². The largest absolute Gasteiger partial charge is 0.448 e. The Kier molecular flexibility index (Phi) is 5.25. The van der Waals surface area contributed by atoms with Gasteiger partial charge in [-0.15, -0.1) is 0 Å². The quantitative estimate of drug-likeness (QED) is 0.679. The number of hydrogen-bond acceptors (Lipinski definition) is 4. The standard InChI is InChI=1S/C25H24F3NO4/c1-15(25(26,27)28)24(31)10-16-12-32-13-17(11-24)29(16)23(30)33-14-22-20-8-4-2-6-18(20)19-7-3-5-9-21(19)22/h2-9,16-17,22,31H,1,10-14H2. The third-order valence-electron chi connectivity index (χ3n) is 7.00. The Bertz CT molecular complexity index is 1040. The third-order valence-corrected chi connectivity index (χ3v) is 7.00. The number of ether oxygens (including phenoxy) is 2. The van der Waals surface area contributed by atoms with Gasteiger partial charge in [0.05, 0.1) is 36.5 Å². The van der Waals surface area contributed by atoms with E-state index in [9.17, 15) is 23.1 Å². The average molecular weight is 459 g/mol. The van der Waals surface area contributed by atoms with Gasteiger partial charge in [-0.1, -0.05) is 55.1 Å². The summed E-state index contributed by atoms with van der Waals surface area (Å²) in [5, 5.41) is 10.7. The minimum atomic E-state index is -4.71. The van der Waals surface area contributed by atoms with E-state index in [-0.39, 0.29) is 38.6 Å². The van der Waals surface area contributed by atoms with Crippen molar-refractivity contribution in [3.05, 3.63) is 71.8 Å². The molecule has 2 unspecified atom stereocenters. The minimum Gasteiger partial charge on any atom is -0.448 e. The van der Waals surface area contributed by atoms with Crippen molar-refractivity contribution in [3.63, 3.8) is 0 Å². The minimum absolute atomic E-state index is 0.0359. The predicted molar refractivity (Wildman–Crippen MR) is 115 cm³/mol. The molecule has 2 bridgehead atoms. The smallest absolute Gasteiger partial charge is 0.414 e. The molecule has 2 fully saturated rings. The number of alkyl halides is 3. The number of benzene rings is 2. The fourth-order valence-corrected chi connectivity index (χ4v) is 5.45. The van der Waals surface area contributed by atoms with Crippen LogP contribution in [-0.4, -0.2) is 59.8 Å². The van der Waals surface area contributed by atoms with Crippen LogP contribution in [0.1, 0.15) is 29.9 Å². The number of morpholine rings is 1. The first kappa shape index (κ1) is 22.0. The summed E-state index contributed by atoms with van der Waals surface area (Å²) < 4.78 is 50.9. The molecule has 2 heterocycles. The van der Waals surface area contributed by atoms with Crippen LogP contribution in [0.5, 0.6) is 0 Å². The number of fused-ring (bicyclic) bond motifs is 5. The van der Waals surface area contributed by atoms with E-state index in [1.807, 2.05) is 48.5 Å². The second kappa shape index (κ2) is 7.88. The Labute approximate surface area is 189 Å². The maximum Gasteiger partial charge on any atom is 0.414 e.